The van der Waals surface area contributed by atoms with Crippen LogP contribution in [-0.2, 0) is 9.59 Å². The number of carbonyl (C=O) groups is 2. The van der Waals surface area contributed by atoms with Crippen LogP contribution in [-0.4, -0.2) is 34.5 Å². The van der Waals surface area contributed by atoms with Crippen LogP contribution in [0.2, 0.25) is 0 Å². The number of hydrogen-bond acceptors (Lipinski definition) is 2. The minimum atomic E-state index is -5.85. The lowest BCUT2D eigenvalue weighted by Gasteiger charge is -2.37. The third-order valence-electron chi connectivity index (χ3n) is 3.09. The first-order valence-corrected chi connectivity index (χ1v) is 5.31. The lowest BCUT2D eigenvalue weighted by Crippen LogP contribution is -2.54. The van der Waals surface area contributed by atoms with E-state index < -0.39 is 41.5 Å². The largest absolute Gasteiger partial charge is 0.480 e. The minimum Gasteiger partial charge on any atom is -0.480 e. The molecule has 1 atom stereocenters. The molecule has 0 spiro atoms. The van der Waals surface area contributed by atoms with Crippen LogP contribution in [0.25, 0.3) is 0 Å². The van der Waals surface area contributed by atoms with Gasteiger partial charge in [0.05, 0.1) is 0 Å². The first-order valence-electron chi connectivity index (χ1n) is 5.31. The lowest BCUT2D eigenvalue weighted by atomic mass is 9.66. The summed E-state index contributed by atoms with van der Waals surface area (Å²) < 4.78 is 76.2. The van der Waals surface area contributed by atoms with Crippen molar-refractivity contribution in [3.63, 3.8) is 0 Å². The van der Waals surface area contributed by atoms with Gasteiger partial charge in [0, 0.05) is 5.92 Å². The van der Waals surface area contributed by atoms with Crippen molar-refractivity contribution >= 4 is 11.9 Å². The molecule has 0 aliphatic heterocycles. The highest BCUT2D eigenvalue weighted by atomic mass is 19.4. The van der Waals surface area contributed by atoms with Gasteiger partial charge >= 0.3 is 24.3 Å². The highest BCUT2D eigenvalue weighted by molar-refractivity contribution is 6.01. The number of allylic oxidation sites excluding steroid dienone is 3. The molecular weight excluding hydrogens is 310 g/mol. The van der Waals surface area contributed by atoms with Crippen molar-refractivity contribution in [2.45, 2.75) is 12.4 Å². The van der Waals surface area contributed by atoms with Crippen molar-refractivity contribution in [3.05, 3.63) is 24.3 Å². The number of hydrogen-bond donors (Lipinski definition) is 2. The molecule has 0 bridgehead atoms. The Morgan fingerprint density at radius 3 is 1.71 bits per heavy atom. The number of halogens is 6. The fourth-order valence-electron chi connectivity index (χ4n) is 2.14. The molecule has 0 saturated heterocycles. The van der Waals surface area contributed by atoms with E-state index in [1.165, 1.54) is 0 Å². The third kappa shape index (κ3) is 2.88. The number of rotatable bonds is 3. The summed E-state index contributed by atoms with van der Waals surface area (Å²) >= 11 is 0. The number of carboxylic acids is 2. The van der Waals surface area contributed by atoms with E-state index in [2.05, 4.69) is 0 Å². The van der Waals surface area contributed by atoms with Gasteiger partial charge in [0.1, 0.15) is 0 Å². The Morgan fingerprint density at radius 1 is 0.952 bits per heavy atom. The molecule has 1 unspecified atom stereocenters. The summed E-state index contributed by atoms with van der Waals surface area (Å²) in [7, 11) is 0. The van der Waals surface area contributed by atoms with Gasteiger partial charge in [-0.15, -0.1) is 0 Å². The van der Waals surface area contributed by atoms with Gasteiger partial charge in [-0.1, -0.05) is 24.3 Å². The molecule has 2 N–H and O–H groups in total. The predicted octanol–water partition coefficient (Wildman–Crippen LogP) is 2.63. The molecule has 0 aromatic rings. The topological polar surface area (TPSA) is 74.6 Å². The normalized spacial score (nSPS) is 21.6. The molecule has 1 aliphatic rings. The molecule has 10 heteroatoms. The van der Waals surface area contributed by atoms with E-state index in [-0.39, 0.29) is 0 Å². The van der Waals surface area contributed by atoms with Crippen molar-refractivity contribution < 1.29 is 46.1 Å². The van der Waals surface area contributed by atoms with Crippen LogP contribution < -0.4 is 0 Å². The van der Waals surface area contributed by atoms with Crippen molar-refractivity contribution in [1.29, 1.82) is 0 Å². The van der Waals surface area contributed by atoms with Gasteiger partial charge in [0.15, 0.2) is 11.3 Å². The minimum absolute atomic E-state index is 0.299. The van der Waals surface area contributed by atoms with E-state index >= 15 is 0 Å². The fourth-order valence-corrected chi connectivity index (χ4v) is 2.14. The molecule has 1 aliphatic carbocycles. The summed E-state index contributed by atoms with van der Waals surface area (Å²) in [6.07, 6.45) is -9.56. The molecule has 21 heavy (non-hydrogen) atoms. The van der Waals surface area contributed by atoms with Crippen LogP contribution in [0.15, 0.2) is 24.3 Å². The van der Waals surface area contributed by atoms with Crippen LogP contribution >= 0.6 is 0 Å². The number of carboxylic acid groups (broad SMARTS) is 2. The molecule has 0 heterocycles. The third-order valence-corrected chi connectivity index (χ3v) is 3.09. The van der Waals surface area contributed by atoms with Crippen LogP contribution in [0.4, 0.5) is 26.3 Å². The van der Waals surface area contributed by atoms with Gasteiger partial charge in [-0.05, 0) is 0 Å². The van der Waals surface area contributed by atoms with Crippen LogP contribution in [0.5, 0.6) is 0 Å². The average Bonchev–Trinajstić information content (AvgIpc) is 2.24. The zero-order chi connectivity index (χ0) is 16.6. The highest BCUT2D eigenvalue weighted by Crippen LogP contribution is 2.51. The summed E-state index contributed by atoms with van der Waals surface area (Å²) in [6.45, 7) is 0. The molecule has 0 aromatic carbocycles. The number of aliphatic carboxylic acids is 2. The number of alkyl halides is 6. The monoisotopic (exact) mass is 318 g/mol. The zero-order valence-electron chi connectivity index (χ0n) is 9.94. The van der Waals surface area contributed by atoms with Crippen molar-refractivity contribution in [2.75, 3.05) is 0 Å². The molecule has 0 saturated carbocycles. The summed E-state index contributed by atoms with van der Waals surface area (Å²) in [5.74, 6) is -11.6. The predicted molar refractivity (Wildman–Crippen MR) is 55.1 cm³/mol. The van der Waals surface area contributed by atoms with Gasteiger partial charge in [0.2, 0.25) is 0 Å². The Bertz CT molecular complexity index is 474. The van der Waals surface area contributed by atoms with Gasteiger partial charge in [0.25, 0.3) is 0 Å². The average molecular weight is 318 g/mol. The summed E-state index contributed by atoms with van der Waals surface area (Å²) in [4.78, 5) is 22.2. The summed E-state index contributed by atoms with van der Waals surface area (Å²) in [5.41, 5.74) is -3.34. The second-order valence-electron chi connectivity index (χ2n) is 4.31. The van der Waals surface area contributed by atoms with E-state index in [4.69, 9.17) is 10.2 Å². The van der Waals surface area contributed by atoms with Crippen molar-refractivity contribution in [2.24, 2.45) is 17.3 Å². The Kier molecular flexibility index (Phi) is 4.13. The van der Waals surface area contributed by atoms with Crippen LogP contribution in [0.3, 0.4) is 0 Å². The van der Waals surface area contributed by atoms with E-state index in [1.807, 2.05) is 0 Å². The first-order chi connectivity index (χ1) is 9.35. The van der Waals surface area contributed by atoms with Crippen molar-refractivity contribution in [3.8, 4) is 0 Å². The molecule has 4 nitrogen and oxygen atoms in total. The fraction of sp³-hybridized carbons (Fsp3) is 0.455. The Morgan fingerprint density at radius 2 is 1.38 bits per heavy atom. The first kappa shape index (κ1) is 17.1. The highest BCUT2D eigenvalue weighted by Gasteiger charge is 2.67. The van der Waals surface area contributed by atoms with Gasteiger partial charge in [-0.2, -0.15) is 26.3 Å². The van der Waals surface area contributed by atoms with E-state index in [0.29, 0.717) is 12.2 Å². The molecule has 118 valence electrons. The maximum Gasteiger partial charge on any atom is 0.401 e. The smallest absolute Gasteiger partial charge is 0.401 e. The second-order valence-corrected chi connectivity index (χ2v) is 4.31. The zero-order valence-corrected chi connectivity index (χ0v) is 9.94. The molecule has 1 rings (SSSR count). The van der Waals surface area contributed by atoms with E-state index in [0.717, 1.165) is 12.2 Å². The molecule has 0 aromatic heterocycles. The standard InChI is InChI=1S/C11H8F6O4/c12-10(13,14)6(11(15,16)17)5-3-1-2-4-9(5,7(18)19)8(20)21/h1-6H,(H,18,19)(H,20,21). The van der Waals surface area contributed by atoms with Gasteiger partial charge in [-0.3, -0.25) is 9.59 Å². The summed E-state index contributed by atoms with van der Waals surface area (Å²) in [6, 6.07) is 0. The maximum atomic E-state index is 12.7. The van der Waals surface area contributed by atoms with Crippen LogP contribution in [0.1, 0.15) is 0 Å². The SMILES string of the molecule is O=C(O)C1(C(=O)O)C=CC=CC1C(C(F)(F)F)C(F)(F)F. The Labute approximate surface area is 113 Å². The molecule has 0 amide bonds. The van der Waals surface area contributed by atoms with E-state index in [1.54, 1.807) is 0 Å². The molecule has 0 fully saturated rings. The Balaban J connectivity index is 3.55. The van der Waals surface area contributed by atoms with Gasteiger partial charge < -0.3 is 10.2 Å². The summed E-state index contributed by atoms with van der Waals surface area (Å²) in [5, 5.41) is 17.8. The Hall–Kier alpha value is -2.00. The van der Waals surface area contributed by atoms with Crippen molar-refractivity contribution in [1.82, 2.24) is 0 Å². The van der Waals surface area contributed by atoms with Gasteiger partial charge in [-0.25, -0.2) is 0 Å². The molecular formula is C11H8F6O4. The quantitative estimate of drug-likeness (QED) is 0.620. The van der Waals surface area contributed by atoms with Crippen LogP contribution in [0, 0.1) is 17.3 Å². The van der Waals surface area contributed by atoms with E-state index in [9.17, 15) is 35.9 Å². The maximum absolute atomic E-state index is 12.7. The lowest BCUT2D eigenvalue weighted by molar-refractivity contribution is -0.300. The second kappa shape index (κ2) is 5.08. The molecule has 0 radical (unpaired) electrons.